The zero-order valence-electron chi connectivity index (χ0n) is 34.8. The maximum Gasteiger partial charge on any atom is 0.161 e. The van der Waals surface area contributed by atoms with E-state index < -0.39 is 0 Å². The molecular weight excluding hydrogens is 835 g/mol. The Morgan fingerprint density at radius 2 is 1.00 bits per heavy atom. The van der Waals surface area contributed by atoms with Crippen molar-refractivity contribution < 1.29 is 0 Å². The minimum absolute atomic E-state index is 0.670. The number of rotatable bonds is 6. The van der Waals surface area contributed by atoms with Crippen molar-refractivity contribution in [2.24, 2.45) is 9.98 Å². The van der Waals surface area contributed by atoms with Crippen molar-refractivity contribution in [2.75, 3.05) is 0 Å². The van der Waals surface area contributed by atoms with E-state index in [1.165, 1.54) is 87.7 Å². The lowest BCUT2D eigenvalue weighted by Gasteiger charge is -2.14. The molecule has 3 nitrogen and oxygen atoms in total. The molecule has 0 fully saturated rings. The first-order chi connectivity index (χ1) is 31.6. The molecule has 4 heterocycles. The molecule has 0 N–H and O–H groups in total. The summed E-state index contributed by atoms with van der Waals surface area (Å²) in [5.41, 5.74) is 8.37. The molecule has 4 aromatic heterocycles. The van der Waals surface area contributed by atoms with Gasteiger partial charge in [0.15, 0.2) is 5.84 Å². The van der Waals surface area contributed by atoms with Crippen LogP contribution in [0.1, 0.15) is 30.0 Å². The molecule has 302 valence electrons. The van der Waals surface area contributed by atoms with E-state index in [2.05, 4.69) is 193 Å². The molecule has 0 spiro atoms. The molecule has 0 amide bonds. The summed E-state index contributed by atoms with van der Waals surface area (Å²) in [5, 5.41) is 12.3. The maximum absolute atomic E-state index is 5.64. The Bertz CT molecular complexity index is 4150. The number of fused-ring (bicyclic) bond motifs is 13. The molecule has 0 saturated heterocycles. The van der Waals surface area contributed by atoms with Crippen LogP contribution in [0.5, 0.6) is 0 Å². The van der Waals surface area contributed by atoms with Gasteiger partial charge in [0, 0.05) is 83.3 Å². The molecule has 6 heteroatoms. The summed E-state index contributed by atoms with van der Waals surface area (Å²) in [6.07, 6.45) is 0.740. The largest absolute Gasteiger partial charge is 0.308 e. The van der Waals surface area contributed by atoms with Gasteiger partial charge in [-0.1, -0.05) is 147 Å². The highest BCUT2D eigenvalue weighted by Gasteiger charge is 2.22. The standard InChI is InChI=1S/C58H37N3S3/c1-3-47(43-24-14-22-41-39-19-7-11-27-51(39)62-55(41)43)60-58(45-25-15-23-42-40-20-8-12-28-52(40)63-56(42)45)59-34(2)37-30-31-49(57-54(37)44-21-9-13-29-53(44)64-57)61-48-26-10-6-18-38(48)46-32-35-16-4-5-17-36(35)33-50(46)61/h4-33H,2-3H2,1H3. The average Bonchev–Trinajstić information content (AvgIpc) is 4.11. The van der Waals surface area contributed by atoms with E-state index in [1.807, 2.05) is 22.7 Å². The van der Waals surface area contributed by atoms with Crippen molar-refractivity contribution in [3.05, 3.63) is 205 Å². The molecule has 13 aromatic rings. The Hall–Kier alpha value is -7.22. The van der Waals surface area contributed by atoms with Crippen LogP contribution >= 0.6 is 34.0 Å². The molecule has 0 radical (unpaired) electrons. The molecule has 9 aromatic carbocycles. The van der Waals surface area contributed by atoms with Gasteiger partial charge in [0.1, 0.15) is 0 Å². The second-order valence-corrected chi connectivity index (χ2v) is 19.5. The summed E-state index contributed by atoms with van der Waals surface area (Å²) in [6.45, 7) is 7.01. The Morgan fingerprint density at radius 1 is 0.453 bits per heavy atom. The normalized spacial score (nSPS) is 12.8. The molecule has 0 aliphatic carbocycles. The number of para-hydroxylation sites is 1. The van der Waals surface area contributed by atoms with Gasteiger partial charge in [0.05, 0.1) is 32.8 Å². The van der Waals surface area contributed by atoms with Crippen LogP contribution < -0.4 is 0 Å². The first kappa shape index (κ1) is 37.3. The van der Waals surface area contributed by atoms with Crippen molar-refractivity contribution >= 4 is 144 Å². The van der Waals surface area contributed by atoms with E-state index in [9.17, 15) is 0 Å². The topological polar surface area (TPSA) is 29.6 Å². The summed E-state index contributed by atoms with van der Waals surface area (Å²) < 4.78 is 9.85. The van der Waals surface area contributed by atoms with Crippen LogP contribution in [0.25, 0.3) is 104 Å². The number of thiophene rings is 3. The predicted molar refractivity (Wildman–Crippen MR) is 282 cm³/mol. The molecule has 0 aliphatic heterocycles. The summed E-state index contributed by atoms with van der Waals surface area (Å²) in [4.78, 5) is 11.2. The van der Waals surface area contributed by atoms with Gasteiger partial charge >= 0.3 is 0 Å². The SMILES string of the molecule is C=C(N=C(N=C(CC)c1cccc2c1sc1ccccc12)c1cccc2c1sc1ccccc12)c1ccc(-n2c3ccccc3c3cc4ccccc4cc32)c2sc3ccccc3c12. The molecule has 64 heavy (non-hydrogen) atoms. The van der Waals surface area contributed by atoms with E-state index in [1.54, 1.807) is 11.3 Å². The number of aromatic nitrogens is 1. The van der Waals surface area contributed by atoms with E-state index >= 15 is 0 Å². The number of nitrogens with zero attached hydrogens (tertiary/aromatic N) is 3. The Kier molecular flexibility index (Phi) is 8.57. The van der Waals surface area contributed by atoms with Crippen LogP contribution in [0.4, 0.5) is 0 Å². The second-order valence-electron chi connectivity index (χ2n) is 16.4. The van der Waals surface area contributed by atoms with E-state index in [-0.39, 0.29) is 0 Å². The first-order valence-electron chi connectivity index (χ1n) is 21.6. The first-order valence-corrected chi connectivity index (χ1v) is 24.1. The highest BCUT2D eigenvalue weighted by atomic mass is 32.1. The van der Waals surface area contributed by atoms with Crippen molar-refractivity contribution in [2.45, 2.75) is 13.3 Å². The average molecular weight is 872 g/mol. The van der Waals surface area contributed by atoms with Gasteiger partial charge in [-0.05, 0) is 65.7 Å². The Morgan fingerprint density at radius 3 is 1.70 bits per heavy atom. The Labute approximate surface area is 380 Å². The van der Waals surface area contributed by atoms with Crippen molar-refractivity contribution in [3.63, 3.8) is 0 Å². The van der Waals surface area contributed by atoms with E-state index in [4.69, 9.17) is 16.6 Å². The minimum Gasteiger partial charge on any atom is -0.308 e. The second kappa shape index (κ2) is 14.7. The molecule has 0 saturated carbocycles. The van der Waals surface area contributed by atoms with Crippen LogP contribution in [0.3, 0.4) is 0 Å². The van der Waals surface area contributed by atoms with Gasteiger partial charge < -0.3 is 4.57 Å². The fraction of sp³-hybridized carbons (Fsp3) is 0.0345. The summed E-state index contributed by atoms with van der Waals surface area (Å²) in [5.74, 6) is 0.670. The zero-order valence-corrected chi connectivity index (χ0v) is 37.3. The van der Waals surface area contributed by atoms with E-state index in [0.717, 1.165) is 39.9 Å². The minimum atomic E-state index is 0.670. The third-order valence-electron chi connectivity index (χ3n) is 12.8. The maximum atomic E-state index is 5.64. The predicted octanol–water partition coefficient (Wildman–Crippen LogP) is 17.4. The molecule has 0 bridgehead atoms. The Balaban J connectivity index is 1.06. The highest BCUT2D eigenvalue weighted by molar-refractivity contribution is 7.27. The smallest absolute Gasteiger partial charge is 0.161 e. The van der Waals surface area contributed by atoms with Crippen LogP contribution in [-0.2, 0) is 0 Å². The van der Waals surface area contributed by atoms with Gasteiger partial charge in [0.2, 0.25) is 0 Å². The molecular formula is C58H37N3S3. The quantitative estimate of drug-likeness (QED) is 0.118. The summed E-state index contributed by atoms with van der Waals surface area (Å²) in [6, 6.07) is 66.0. The number of benzene rings is 9. The number of hydrogen-bond acceptors (Lipinski definition) is 4. The van der Waals surface area contributed by atoms with Crippen molar-refractivity contribution in [3.8, 4) is 5.69 Å². The van der Waals surface area contributed by atoms with Gasteiger partial charge in [-0.2, -0.15) is 0 Å². The van der Waals surface area contributed by atoms with Gasteiger partial charge in [-0.25, -0.2) is 9.98 Å². The number of hydrogen-bond donors (Lipinski definition) is 0. The highest BCUT2D eigenvalue weighted by Crippen LogP contribution is 2.45. The van der Waals surface area contributed by atoms with Crippen molar-refractivity contribution in [1.82, 2.24) is 4.57 Å². The summed E-state index contributed by atoms with van der Waals surface area (Å²) in [7, 11) is 0. The van der Waals surface area contributed by atoms with E-state index in [0.29, 0.717) is 11.5 Å². The van der Waals surface area contributed by atoms with Gasteiger partial charge in [-0.3, -0.25) is 0 Å². The summed E-state index contributed by atoms with van der Waals surface area (Å²) >= 11 is 5.48. The fourth-order valence-electron chi connectivity index (χ4n) is 9.83. The third-order valence-corrected chi connectivity index (χ3v) is 16.4. The van der Waals surface area contributed by atoms with Gasteiger partial charge in [-0.15, -0.1) is 34.0 Å². The lowest BCUT2D eigenvalue weighted by atomic mass is 10.0. The lowest BCUT2D eigenvalue weighted by Crippen LogP contribution is -2.07. The van der Waals surface area contributed by atoms with Crippen LogP contribution in [0.15, 0.2) is 199 Å². The molecule has 0 unspecified atom stereocenters. The van der Waals surface area contributed by atoms with Gasteiger partial charge in [0.25, 0.3) is 0 Å². The fourth-order valence-corrected chi connectivity index (χ4v) is 13.5. The van der Waals surface area contributed by atoms with Crippen LogP contribution in [0.2, 0.25) is 0 Å². The number of aliphatic imine (C=N–C) groups is 2. The van der Waals surface area contributed by atoms with Crippen LogP contribution in [-0.4, -0.2) is 16.1 Å². The zero-order chi connectivity index (χ0) is 42.5. The monoisotopic (exact) mass is 871 g/mol. The van der Waals surface area contributed by atoms with Crippen molar-refractivity contribution in [1.29, 1.82) is 0 Å². The lowest BCUT2D eigenvalue weighted by molar-refractivity contribution is 1.20. The molecule has 0 aliphatic rings. The molecule has 13 rings (SSSR count). The molecule has 0 atom stereocenters. The third kappa shape index (κ3) is 5.70. The number of amidine groups is 1. The van der Waals surface area contributed by atoms with Crippen LogP contribution in [0, 0.1) is 0 Å².